The van der Waals surface area contributed by atoms with Crippen LogP contribution in [-0.4, -0.2) is 34.8 Å². The number of carbonyl (C=O) groups excluding carboxylic acids is 2. The van der Waals surface area contributed by atoms with Crippen molar-refractivity contribution in [2.75, 3.05) is 13.7 Å². The second-order valence-corrected chi connectivity index (χ2v) is 8.46. The molecule has 0 saturated carbocycles. The molecule has 0 N–H and O–H groups in total. The van der Waals surface area contributed by atoms with E-state index in [1.54, 1.807) is 48.4 Å². The van der Waals surface area contributed by atoms with E-state index in [2.05, 4.69) is 6.92 Å². The van der Waals surface area contributed by atoms with Gasteiger partial charge in [-0.05, 0) is 54.0 Å². The minimum Gasteiger partial charge on any atom is -0.497 e. The lowest BCUT2D eigenvalue weighted by molar-refractivity contribution is -0.129. The molecule has 0 aromatic heterocycles. The summed E-state index contributed by atoms with van der Waals surface area (Å²) in [6.45, 7) is 2.73. The summed E-state index contributed by atoms with van der Waals surface area (Å²) in [6, 6.07) is 14.3. The van der Waals surface area contributed by atoms with Gasteiger partial charge in [0.2, 0.25) is 0 Å². The van der Waals surface area contributed by atoms with Crippen LogP contribution in [-0.2, 0) is 9.59 Å². The Balaban J connectivity index is 1.59. The molecule has 2 aromatic carbocycles. The van der Waals surface area contributed by atoms with Crippen molar-refractivity contribution in [1.29, 1.82) is 0 Å². The van der Waals surface area contributed by atoms with E-state index in [1.807, 2.05) is 24.3 Å². The number of hydrogen-bond acceptors (Lipinski definition) is 6. The largest absolute Gasteiger partial charge is 0.497 e. The normalized spacial score (nSPS) is 15.2. The van der Waals surface area contributed by atoms with Gasteiger partial charge in [0.05, 0.1) is 12.0 Å². The molecule has 0 unspecified atom stereocenters. The highest BCUT2D eigenvalue weighted by molar-refractivity contribution is 8.26. The summed E-state index contributed by atoms with van der Waals surface area (Å²) in [5.41, 5.74) is 1.70. The highest BCUT2D eigenvalue weighted by atomic mass is 32.2. The van der Waals surface area contributed by atoms with Crippen LogP contribution in [0.4, 0.5) is 0 Å². The van der Waals surface area contributed by atoms with Crippen molar-refractivity contribution in [2.45, 2.75) is 19.8 Å². The number of nitrogens with zero attached hydrogens (tertiary/aromatic N) is 1. The van der Waals surface area contributed by atoms with Gasteiger partial charge in [-0.2, -0.15) is 0 Å². The molecule has 0 aliphatic carbocycles. The third-order valence-electron chi connectivity index (χ3n) is 4.53. The molecule has 31 heavy (non-hydrogen) atoms. The average Bonchev–Trinajstić information content (AvgIpc) is 3.04. The topological polar surface area (TPSA) is 55.8 Å². The minimum absolute atomic E-state index is 0.0531. The maximum absolute atomic E-state index is 12.5. The summed E-state index contributed by atoms with van der Waals surface area (Å²) in [4.78, 5) is 26.8. The van der Waals surface area contributed by atoms with Crippen LogP contribution in [0.1, 0.15) is 30.9 Å². The molecule has 1 heterocycles. The number of amides is 1. The second-order valence-electron chi connectivity index (χ2n) is 6.78. The fraction of sp³-hybridized carbons (Fsp3) is 0.208. The Hall–Kier alpha value is -2.90. The fourth-order valence-corrected chi connectivity index (χ4v) is 4.13. The Morgan fingerprint density at radius 3 is 2.35 bits per heavy atom. The van der Waals surface area contributed by atoms with Crippen molar-refractivity contribution >= 4 is 52.3 Å². The van der Waals surface area contributed by atoms with Crippen LogP contribution in [0.3, 0.4) is 0 Å². The molecule has 0 atom stereocenters. The van der Waals surface area contributed by atoms with Gasteiger partial charge in [-0.15, -0.1) is 0 Å². The number of esters is 1. The smallest absolute Gasteiger partial charge is 0.336 e. The van der Waals surface area contributed by atoms with Gasteiger partial charge in [-0.1, -0.05) is 61.6 Å². The molecule has 3 rings (SSSR count). The van der Waals surface area contributed by atoms with E-state index in [4.69, 9.17) is 21.7 Å². The van der Waals surface area contributed by atoms with Crippen LogP contribution in [0.15, 0.2) is 59.5 Å². The van der Waals surface area contributed by atoms with E-state index < -0.39 is 5.97 Å². The molecular weight excluding hydrogens is 430 g/mol. The Labute approximate surface area is 191 Å². The zero-order valence-corrected chi connectivity index (χ0v) is 19.0. The first-order valence-corrected chi connectivity index (χ1v) is 11.1. The summed E-state index contributed by atoms with van der Waals surface area (Å²) in [6.07, 6.45) is 6.78. The lowest BCUT2D eigenvalue weighted by Crippen LogP contribution is -2.28. The quantitative estimate of drug-likeness (QED) is 0.234. The monoisotopic (exact) mass is 453 g/mol. The van der Waals surface area contributed by atoms with E-state index in [0.29, 0.717) is 21.5 Å². The molecule has 1 saturated heterocycles. The number of hydrogen-bond donors (Lipinski definition) is 0. The van der Waals surface area contributed by atoms with E-state index in [1.165, 1.54) is 17.8 Å². The van der Waals surface area contributed by atoms with Gasteiger partial charge in [-0.25, -0.2) is 4.79 Å². The summed E-state index contributed by atoms with van der Waals surface area (Å²) in [5.74, 6) is 0.656. The molecule has 0 bridgehead atoms. The SMILES string of the molecule is CCCCN1C(=O)/C(=C\c2ccc(OC(=O)/C=C/c3ccc(OC)cc3)cc2)SC1=S. The van der Waals surface area contributed by atoms with Crippen molar-refractivity contribution in [3.8, 4) is 11.5 Å². The predicted octanol–water partition coefficient (Wildman–Crippen LogP) is 5.32. The van der Waals surface area contributed by atoms with Crippen molar-refractivity contribution in [2.24, 2.45) is 0 Å². The maximum Gasteiger partial charge on any atom is 0.336 e. The molecule has 1 amide bonds. The maximum atomic E-state index is 12.5. The zero-order valence-electron chi connectivity index (χ0n) is 17.4. The number of unbranched alkanes of at least 4 members (excludes halogenated alkanes) is 1. The molecule has 1 fully saturated rings. The van der Waals surface area contributed by atoms with E-state index in [9.17, 15) is 9.59 Å². The highest BCUT2D eigenvalue weighted by Gasteiger charge is 2.31. The van der Waals surface area contributed by atoms with Gasteiger partial charge in [0.15, 0.2) is 0 Å². The Morgan fingerprint density at radius 1 is 1.06 bits per heavy atom. The number of thiocarbonyl (C=S) groups is 1. The van der Waals surface area contributed by atoms with Crippen molar-refractivity contribution in [1.82, 2.24) is 4.90 Å². The fourth-order valence-electron chi connectivity index (χ4n) is 2.82. The van der Waals surface area contributed by atoms with Crippen molar-refractivity contribution in [3.05, 3.63) is 70.6 Å². The molecular formula is C24H23NO4S2. The molecule has 2 aromatic rings. The number of thioether (sulfide) groups is 1. The van der Waals surface area contributed by atoms with Crippen LogP contribution in [0.2, 0.25) is 0 Å². The van der Waals surface area contributed by atoms with Crippen LogP contribution >= 0.6 is 24.0 Å². The Kier molecular flexibility index (Phi) is 8.03. The molecule has 1 aliphatic heterocycles. The number of rotatable bonds is 8. The van der Waals surface area contributed by atoms with Gasteiger partial charge in [0.1, 0.15) is 15.8 Å². The van der Waals surface area contributed by atoms with Crippen molar-refractivity contribution in [3.63, 3.8) is 0 Å². The van der Waals surface area contributed by atoms with E-state index in [0.717, 1.165) is 29.7 Å². The lowest BCUT2D eigenvalue weighted by Gasteiger charge is -2.12. The van der Waals surface area contributed by atoms with Crippen molar-refractivity contribution < 1.29 is 19.1 Å². The van der Waals surface area contributed by atoms with Crippen LogP contribution in [0.5, 0.6) is 11.5 Å². The first-order chi connectivity index (χ1) is 15.0. The van der Waals surface area contributed by atoms with Crippen LogP contribution in [0.25, 0.3) is 12.2 Å². The van der Waals surface area contributed by atoms with Crippen LogP contribution < -0.4 is 9.47 Å². The van der Waals surface area contributed by atoms with Gasteiger partial charge in [0.25, 0.3) is 5.91 Å². The zero-order chi connectivity index (χ0) is 22.2. The molecule has 5 nitrogen and oxygen atoms in total. The summed E-state index contributed by atoms with van der Waals surface area (Å²) in [7, 11) is 1.60. The molecule has 0 spiro atoms. The number of carbonyl (C=O) groups is 2. The Morgan fingerprint density at radius 2 is 1.71 bits per heavy atom. The number of methoxy groups -OCH3 is 1. The lowest BCUT2D eigenvalue weighted by atomic mass is 10.2. The third kappa shape index (κ3) is 6.29. The summed E-state index contributed by atoms with van der Waals surface area (Å²) >= 11 is 6.64. The van der Waals surface area contributed by atoms with E-state index in [-0.39, 0.29) is 5.91 Å². The minimum atomic E-state index is -0.472. The molecule has 160 valence electrons. The van der Waals surface area contributed by atoms with Gasteiger partial charge >= 0.3 is 5.97 Å². The summed E-state index contributed by atoms with van der Waals surface area (Å²) in [5, 5.41) is 0. The highest BCUT2D eigenvalue weighted by Crippen LogP contribution is 2.33. The predicted molar refractivity (Wildman–Crippen MR) is 129 cm³/mol. The molecule has 1 aliphatic rings. The average molecular weight is 454 g/mol. The van der Waals surface area contributed by atoms with Crippen LogP contribution in [0, 0.1) is 0 Å². The Bertz CT molecular complexity index is 1010. The van der Waals surface area contributed by atoms with Gasteiger partial charge < -0.3 is 9.47 Å². The van der Waals surface area contributed by atoms with Gasteiger partial charge in [0, 0.05) is 12.6 Å². The first-order valence-electron chi connectivity index (χ1n) is 9.89. The second kappa shape index (κ2) is 10.9. The number of benzene rings is 2. The summed E-state index contributed by atoms with van der Waals surface area (Å²) < 4.78 is 11.0. The standard InChI is InChI=1S/C24H23NO4S2/c1-3-4-15-25-23(27)21(31-24(25)30)16-18-7-12-20(13-8-18)29-22(26)14-9-17-5-10-19(28-2)11-6-17/h5-14,16H,3-4,15H2,1-2H3/b14-9+,21-16+. The number of ether oxygens (including phenoxy) is 2. The van der Waals surface area contributed by atoms with E-state index >= 15 is 0 Å². The first kappa shape index (κ1) is 22.8. The molecule has 7 heteroatoms. The third-order valence-corrected chi connectivity index (χ3v) is 5.91. The van der Waals surface area contributed by atoms with Gasteiger partial charge in [-0.3, -0.25) is 9.69 Å². The molecule has 0 radical (unpaired) electrons.